The predicted molar refractivity (Wildman–Crippen MR) is 124 cm³/mol. The van der Waals surface area contributed by atoms with Crippen LogP contribution in [0.4, 0.5) is 15.8 Å². The fourth-order valence-electron chi connectivity index (χ4n) is 3.95. The molecule has 2 aromatic carbocycles. The lowest BCUT2D eigenvalue weighted by atomic mass is 9.92. The third kappa shape index (κ3) is 6.01. The van der Waals surface area contributed by atoms with E-state index in [9.17, 15) is 22.4 Å². The van der Waals surface area contributed by atoms with Gasteiger partial charge in [0, 0.05) is 18.7 Å². The fourth-order valence-corrected chi connectivity index (χ4v) is 4.50. The third-order valence-corrected chi connectivity index (χ3v) is 6.10. The monoisotopic (exact) mass is 477 g/mol. The van der Waals surface area contributed by atoms with E-state index in [1.54, 1.807) is 24.1 Å². The van der Waals surface area contributed by atoms with Crippen LogP contribution in [0.15, 0.2) is 42.5 Å². The summed E-state index contributed by atoms with van der Waals surface area (Å²) < 4.78 is 44.3. The molecule has 0 radical (unpaired) electrons. The molecule has 0 spiro atoms. The van der Waals surface area contributed by atoms with E-state index in [0.29, 0.717) is 12.3 Å². The van der Waals surface area contributed by atoms with Crippen LogP contribution in [-0.2, 0) is 19.6 Å². The maximum absolute atomic E-state index is 14.0. The highest BCUT2D eigenvalue weighted by Crippen LogP contribution is 2.39. The molecule has 0 saturated carbocycles. The lowest BCUT2D eigenvalue weighted by Gasteiger charge is -2.28. The third-order valence-electron chi connectivity index (χ3n) is 5.51. The number of likely N-dealkylation sites (tertiary alicyclic amines) is 1. The Labute approximate surface area is 193 Å². The number of carbonyl (C=O) groups is 2. The lowest BCUT2D eigenvalue weighted by Crippen LogP contribution is -2.33. The maximum Gasteiger partial charge on any atom is 0.230 e. The number of halogens is 1. The molecule has 1 heterocycles. The topological polar surface area (TPSA) is 105 Å². The molecular weight excluding hydrogens is 449 g/mol. The Balaban J connectivity index is 1.88. The summed E-state index contributed by atoms with van der Waals surface area (Å²) in [6.45, 7) is 2.57. The molecule has 0 aliphatic carbocycles. The summed E-state index contributed by atoms with van der Waals surface area (Å²) in [7, 11) is -2.14. The number of hydrogen-bond donors (Lipinski definition) is 2. The van der Waals surface area contributed by atoms with E-state index < -0.39 is 33.7 Å². The van der Waals surface area contributed by atoms with Gasteiger partial charge in [0.25, 0.3) is 0 Å². The summed E-state index contributed by atoms with van der Waals surface area (Å²) in [5.74, 6) is -1.28. The Morgan fingerprint density at radius 1 is 1.21 bits per heavy atom. The van der Waals surface area contributed by atoms with Crippen molar-refractivity contribution in [3.63, 3.8) is 0 Å². The molecule has 0 aromatic heterocycles. The highest BCUT2D eigenvalue weighted by molar-refractivity contribution is 7.92. The van der Waals surface area contributed by atoms with Gasteiger partial charge < -0.3 is 15.0 Å². The molecule has 2 aromatic rings. The van der Waals surface area contributed by atoms with E-state index in [1.165, 1.54) is 12.1 Å². The molecule has 1 aliphatic rings. The van der Waals surface area contributed by atoms with Crippen LogP contribution in [0, 0.1) is 11.7 Å². The van der Waals surface area contributed by atoms with Crippen molar-refractivity contribution in [3.8, 4) is 5.75 Å². The SMILES string of the molecule is CCCCN1C(=O)C[C@@H](C(=O)Nc2ccc(F)c(NS(C)(=O)=O)c2)[C@@H]1c1ccc(OC)cc1. The Morgan fingerprint density at radius 3 is 2.52 bits per heavy atom. The van der Waals surface area contributed by atoms with Crippen LogP contribution < -0.4 is 14.8 Å². The first-order chi connectivity index (χ1) is 15.6. The Bertz CT molecular complexity index is 1120. The number of amides is 2. The zero-order valence-electron chi connectivity index (χ0n) is 18.8. The van der Waals surface area contributed by atoms with E-state index in [0.717, 1.165) is 30.7 Å². The van der Waals surface area contributed by atoms with E-state index in [1.807, 2.05) is 19.1 Å². The quantitative estimate of drug-likeness (QED) is 0.575. The zero-order valence-corrected chi connectivity index (χ0v) is 19.6. The fraction of sp³-hybridized carbons (Fsp3) is 0.391. The smallest absolute Gasteiger partial charge is 0.230 e. The molecule has 2 atom stereocenters. The highest BCUT2D eigenvalue weighted by atomic mass is 32.2. The highest BCUT2D eigenvalue weighted by Gasteiger charge is 2.44. The van der Waals surface area contributed by atoms with Gasteiger partial charge >= 0.3 is 0 Å². The molecular formula is C23H28FN3O5S. The van der Waals surface area contributed by atoms with Gasteiger partial charge in [-0.2, -0.15) is 0 Å². The number of benzene rings is 2. The van der Waals surface area contributed by atoms with Gasteiger partial charge in [-0.3, -0.25) is 14.3 Å². The van der Waals surface area contributed by atoms with Gasteiger partial charge in [-0.15, -0.1) is 0 Å². The van der Waals surface area contributed by atoms with E-state index in [2.05, 4.69) is 10.0 Å². The average Bonchev–Trinajstić information content (AvgIpc) is 3.10. The van der Waals surface area contributed by atoms with Crippen LogP contribution in [0.25, 0.3) is 0 Å². The molecule has 2 N–H and O–H groups in total. The number of methoxy groups -OCH3 is 1. The Kier molecular flexibility index (Phi) is 7.57. The normalized spacial score (nSPS) is 18.3. The minimum Gasteiger partial charge on any atom is -0.497 e. The summed E-state index contributed by atoms with van der Waals surface area (Å²) in [6.07, 6.45) is 2.67. The summed E-state index contributed by atoms with van der Waals surface area (Å²) in [5.41, 5.74) is 0.769. The van der Waals surface area contributed by atoms with Crippen molar-refractivity contribution in [1.82, 2.24) is 4.90 Å². The number of nitrogens with zero attached hydrogens (tertiary/aromatic N) is 1. The van der Waals surface area contributed by atoms with Crippen LogP contribution in [-0.4, -0.2) is 45.0 Å². The predicted octanol–water partition coefficient (Wildman–Crippen LogP) is 3.53. The van der Waals surface area contributed by atoms with Gasteiger partial charge in [0.15, 0.2) is 0 Å². The summed E-state index contributed by atoms with van der Waals surface area (Å²) in [5, 5.41) is 2.71. The number of anilines is 2. The first kappa shape index (κ1) is 24.5. The van der Waals surface area contributed by atoms with Crippen molar-refractivity contribution in [3.05, 3.63) is 53.8 Å². The number of sulfonamides is 1. The molecule has 2 amide bonds. The first-order valence-corrected chi connectivity index (χ1v) is 12.5. The Morgan fingerprint density at radius 2 is 1.91 bits per heavy atom. The second-order valence-electron chi connectivity index (χ2n) is 8.03. The largest absolute Gasteiger partial charge is 0.497 e. The van der Waals surface area contributed by atoms with E-state index in [4.69, 9.17) is 4.74 Å². The maximum atomic E-state index is 14.0. The van der Waals surface area contributed by atoms with Crippen molar-refractivity contribution in [2.45, 2.75) is 32.2 Å². The van der Waals surface area contributed by atoms with Crippen molar-refractivity contribution in [1.29, 1.82) is 0 Å². The molecule has 1 fully saturated rings. The van der Waals surface area contributed by atoms with Gasteiger partial charge in [-0.25, -0.2) is 12.8 Å². The average molecular weight is 478 g/mol. The summed E-state index contributed by atoms with van der Waals surface area (Å²) in [6, 6.07) is 10.4. The summed E-state index contributed by atoms with van der Waals surface area (Å²) in [4.78, 5) is 27.8. The number of rotatable bonds is 9. The number of carbonyl (C=O) groups excluding carboxylic acids is 2. The van der Waals surface area contributed by atoms with Crippen LogP contribution in [0.3, 0.4) is 0 Å². The number of nitrogens with one attached hydrogen (secondary N) is 2. The molecule has 10 heteroatoms. The van der Waals surface area contributed by atoms with Crippen molar-refractivity contribution >= 4 is 33.2 Å². The van der Waals surface area contributed by atoms with Crippen LogP contribution >= 0.6 is 0 Å². The molecule has 1 saturated heterocycles. The molecule has 1 aliphatic heterocycles. The Hall–Kier alpha value is -3.14. The van der Waals surface area contributed by atoms with Crippen molar-refractivity contribution in [2.75, 3.05) is 29.9 Å². The van der Waals surface area contributed by atoms with Gasteiger partial charge in [0.1, 0.15) is 11.6 Å². The second kappa shape index (κ2) is 10.2. The molecule has 33 heavy (non-hydrogen) atoms. The number of hydrogen-bond acceptors (Lipinski definition) is 5. The van der Waals surface area contributed by atoms with Crippen molar-refractivity contribution < 1.29 is 27.1 Å². The van der Waals surface area contributed by atoms with E-state index in [-0.39, 0.29) is 23.7 Å². The van der Waals surface area contributed by atoms with Crippen LogP contribution in [0.2, 0.25) is 0 Å². The molecule has 178 valence electrons. The van der Waals surface area contributed by atoms with Gasteiger partial charge in [0.2, 0.25) is 21.8 Å². The van der Waals surface area contributed by atoms with Gasteiger partial charge in [-0.05, 0) is 42.3 Å². The molecule has 8 nitrogen and oxygen atoms in total. The van der Waals surface area contributed by atoms with Crippen molar-refractivity contribution in [2.24, 2.45) is 5.92 Å². The molecule has 3 rings (SSSR count). The minimum atomic E-state index is -3.70. The van der Waals surface area contributed by atoms with Gasteiger partial charge in [-0.1, -0.05) is 25.5 Å². The van der Waals surface area contributed by atoms with Crippen LogP contribution in [0.5, 0.6) is 5.75 Å². The zero-order chi connectivity index (χ0) is 24.2. The number of unbranched alkanes of at least 4 members (excludes halogenated alkanes) is 1. The number of ether oxygens (including phenoxy) is 1. The molecule has 0 bridgehead atoms. The molecule has 0 unspecified atom stereocenters. The second-order valence-corrected chi connectivity index (χ2v) is 9.78. The standard InChI is InChI=1S/C23H28FN3O5S/c1-4-5-12-27-21(28)14-18(22(27)15-6-9-17(32-2)10-7-15)23(29)25-16-8-11-19(24)20(13-16)26-33(3,30)31/h6-11,13,18,22,26H,4-5,12,14H2,1-3H3,(H,25,29)/t18-,22+/m1/s1. The lowest BCUT2D eigenvalue weighted by molar-refractivity contribution is -0.129. The van der Waals surface area contributed by atoms with E-state index >= 15 is 0 Å². The first-order valence-electron chi connectivity index (χ1n) is 10.6. The van der Waals surface area contributed by atoms with Crippen LogP contribution in [0.1, 0.15) is 37.8 Å². The minimum absolute atomic E-state index is 0.0435. The van der Waals surface area contributed by atoms with Gasteiger partial charge in [0.05, 0.1) is 31.0 Å². The summed E-state index contributed by atoms with van der Waals surface area (Å²) >= 11 is 0.